The van der Waals surface area contributed by atoms with Crippen molar-refractivity contribution in [3.63, 3.8) is 0 Å². The van der Waals surface area contributed by atoms with Crippen LogP contribution in [0.15, 0.2) is 30.5 Å². The molecule has 1 amide bonds. The molecule has 0 aliphatic rings. The molecule has 22 heavy (non-hydrogen) atoms. The van der Waals surface area contributed by atoms with E-state index in [1.165, 1.54) is 0 Å². The molecular weight excluding hydrogens is 280 g/mol. The van der Waals surface area contributed by atoms with Gasteiger partial charge < -0.3 is 15.0 Å². The molecule has 5 nitrogen and oxygen atoms in total. The molecule has 5 heteroatoms. The van der Waals surface area contributed by atoms with Crippen LogP contribution in [0.25, 0.3) is 10.9 Å². The molecule has 0 atom stereocenters. The average molecular weight is 302 g/mol. The molecule has 0 radical (unpaired) electrons. The first kappa shape index (κ1) is 16.1. The van der Waals surface area contributed by atoms with E-state index in [-0.39, 0.29) is 12.3 Å². The second-order valence-electron chi connectivity index (χ2n) is 5.34. The number of amides is 1. The zero-order valence-electron chi connectivity index (χ0n) is 12.8. The van der Waals surface area contributed by atoms with Gasteiger partial charge in [-0.15, -0.1) is 0 Å². The van der Waals surface area contributed by atoms with Gasteiger partial charge in [0.05, 0.1) is 6.42 Å². The molecule has 1 aromatic heterocycles. The normalized spacial score (nSPS) is 10.8. The second-order valence-corrected chi connectivity index (χ2v) is 5.34. The molecule has 0 saturated heterocycles. The zero-order valence-corrected chi connectivity index (χ0v) is 12.8. The first-order valence-electron chi connectivity index (χ1n) is 7.67. The Kier molecular flexibility index (Phi) is 5.58. The van der Waals surface area contributed by atoms with Crippen LogP contribution in [0.4, 0.5) is 0 Å². The zero-order chi connectivity index (χ0) is 15.9. The van der Waals surface area contributed by atoms with E-state index in [9.17, 15) is 9.59 Å². The number of nitrogens with one attached hydrogen (secondary N) is 1. The average Bonchev–Trinajstić information content (AvgIpc) is 2.85. The van der Waals surface area contributed by atoms with Gasteiger partial charge in [-0.1, -0.05) is 18.2 Å². The van der Waals surface area contributed by atoms with Gasteiger partial charge >= 0.3 is 5.97 Å². The van der Waals surface area contributed by atoms with Crippen molar-refractivity contribution in [2.45, 2.75) is 39.2 Å². The third-order valence-electron chi connectivity index (χ3n) is 3.70. The molecule has 118 valence electrons. The molecule has 0 aliphatic carbocycles. The number of carboxylic acid groups (broad SMARTS) is 1. The van der Waals surface area contributed by atoms with Crippen molar-refractivity contribution >= 4 is 22.8 Å². The fraction of sp³-hybridized carbons (Fsp3) is 0.412. The molecule has 2 aromatic rings. The minimum Gasteiger partial charge on any atom is -0.481 e. The summed E-state index contributed by atoms with van der Waals surface area (Å²) >= 11 is 0. The lowest BCUT2D eigenvalue weighted by molar-refractivity contribution is -0.137. The van der Waals surface area contributed by atoms with Crippen LogP contribution in [0.1, 0.15) is 31.7 Å². The summed E-state index contributed by atoms with van der Waals surface area (Å²) in [6, 6.07) is 8.08. The number of carboxylic acids is 1. The Balaban J connectivity index is 1.90. The molecule has 2 rings (SSSR count). The standard InChI is InChI=1S/C17H22N2O3/c1-2-19-12-13(14-7-3-4-8-15(14)19)11-16(20)18-10-6-5-9-17(21)22/h3-4,7-8,12H,2,5-6,9-11H2,1H3,(H,18,20)(H,21,22). The van der Waals surface area contributed by atoms with E-state index in [0.717, 1.165) is 23.0 Å². The van der Waals surface area contributed by atoms with E-state index in [1.54, 1.807) is 0 Å². The molecule has 0 spiro atoms. The highest BCUT2D eigenvalue weighted by molar-refractivity contribution is 5.89. The molecule has 0 aliphatic heterocycles. The van der Waals surface area contributed by atoms with Crippen molar-refractivity contribution in [1.29, 1.82) is 0 Å². The lowest BCUT2D eigenvalue weighted by atomic mass is 10.1. The van der Waals surface area contributed by atoms with Gasteiger partial charge in [0.2, 0.25) is 5.91 Å². The number of aliphatic carboxylic acids is 1. The Labute approximate surface area is 129 Å². The Bertz CT molecular complexity index is 661. The summed E-state index contributed by atoms with van der Waals surface area (Å²) in [5.41, 5.74) is 2.18. The number of aryl methyl sites for hydroxylation is 1. The predicted molar refractivity (Wildman–Crippen MR) is 85.8 cm³/mol. The van der Waals surface area contributed by atoms with Crippen molar-refractivity contribution in [1.82, 2.24) is 9.88 Å². The lowest BCUT2D eigenvalue weighted by Crippen LogP contribution is -2.26. The Morgan fingerprint density at radius 1 is 1.23 bits per heavy atom. The number of unbranched alkanes of at least 4 members (excludes halogenated alkanes) is 1. The van der Waals surface area contributed by atoms with E-state index in [4.69, 9.17) is 5.11 Å². The van der Waals surface area contributed by atoms with Gasteiger partial charge in [-0.3, -0.25) is 9.59 Å². The van der Waals surface area contributed by atoms with Crippen LogP contribution in [-0.4, -0.2) is 28.1 Å². The molecule has 0 unspecified atom stereocenters. The smallest absolute Gasteiger partial charge is 0.303 e. The van der Waals surface area contributed by atoms with Crippen LogP contribution < -0.4 is 5.32 Å². The van der Waals surface area contributed by atoms with Gasteiger partial charge in [0.1, 0.15) is 0 Å². The summed E-state index contributed by atoms with van der Waals surface area (Å²) in [5.74, 6) is -0.812. The predicted octanol–water partition coefficient (Wildman–Crippen LogP) is 2.57. The quantitative estimate of drug-likeness (QED) is 0.736. The van der Waals surface area contributed by atoms with Crippen molar-refractivity contribution in [3.05, 3.63) is 36.0 Å². The Morgan fingerprint density at radius 3 is 2.73 bits per heavy atom. The van der Waals surface area contributed by atoms with Crippen molar-refractivity contribution < 1.29 is 14.7 Å². The van der Waals surface area contributed by atoms with Gasteiger partial charge in [-0.25, -0.2) is 0 Å². The Hall–Kier alpha value is -2.30. The van der Waals surface area contributed by atoms with E-state index in [2.05, 4.69) is 22.9 Å². The molecular formula is C17H22N2O3. The number of fused-ring (bicyclic) bond motifs is 1. The summed E-state index contributed by atoms with van der Waals surface area (Å²) in [5, 5.41) is 12.5. The second kappa shape index (κ2) is 7.64. The van der Waals surface area contributed by atoms with Crippen LogP contribution in [0, 0.1) is 0 Å². The van der Waals surface area contributed by atoms with E-state index in [0.29, 0.717) is 25.8 Å². The number of para-hydroxylation sites is 1. The third kappa shape index (κ3) is 4.10. The maximum atomic E-state index is 12.0. The van der Waals surface area contributed by atoms with E-state index < -0.39 is 5.97 Å². The number of hydrogen-bond acceptors (Lipinski definition) is 2. The van der Waals surface area contributed by atoms with Gasteiger partial charge in [-0.2, -0.15) is 0 Å². The highest BCUT2D eigenvalue weighted by Crippen LogP contribution is 2.21. The fourth-order valence-corrected chi connectivity index (χ4v) is 2.59. The highest BCUT2D eigenvalue weighted by Gasteiger charge is 2.10. The van der Waals surface area contributed by atoms with Crippen LogP contribution in [0.5, 0.6) is 0 Å². The summed E-state index contributed by atoms with van der Waals surface area (Å²) < 4.78 is 2.14. The fourth-order valence-electron chi connectivity index (χ4n) is 2.59. The van der Waals surface area contributed by atoms with Crippen LogP contribution in [-0.2, 0) is 22.6 Å². The number of hydrogen-bond donors (Lipinski definition) is 2. The molecule has 0 saturated carbocycles. The van der Waals surface area contributed by atoms with Gasteiger partial charge in [-0.05, 0) is 31.4 Å². The van der Waals surface area contributed by atoms with Crippen molar-refractivity contribution in [3.8, 4) is 0 Å². The summed E-state index contributed by atoms with van der Waals surface area (Å²) in [7, 11) is 0. The largest absolute Gasteiger partial charge is 0.481 e. The topological polar surface area (TPSA) is 71.3 Å². The number of nitrogens with zero attached hydrogens (tertiary/aromatic N) is 1. The number of carbonyl (C=O) groups is 2. The number of benzene rings is 1. The minimum absolute atomic E-state index is 0.0191. The van der Waals surface area contributed by atoms with Gasteiger partial charge in [0.15, 0.2) is 0 Å². The van der Waals surface area contributed by atoms with Crippen LogP contribution in [0.2, 0.25) is 0 Å². The SMILES string of the molecule is CCn1cc(CC(=O)NCCCCC(=O)O)c2ccccc21. The summed E-state index contributed by atoms with van der Waals surface area (Å²) in [4.78, 5) is 22.4. The van der Waals surface area contributed by atoms with Crippen molar-refractivity contribution in [2.24, 2.45) is 0 Å². The molecule has 0 bridgehead atoms. The first-order valence-corrected chi connectivity index (χ1v) is 7.67. The number of carbonyl (C=O) groups excluding carboxylic acids is 1. The van der Waals surface area contributed by atoms with Crippen molar-refractivity contribution in [2.75, 3.05) is 6.54 Å². The van der Waals surface area contributed by atoms with E-state index in [1.807, 2.05) is 24.4 Å². The maximum Gasteiger partial charge on any atom is 0.303 e. The molecule has 2 N–H and O–H groups in total. The maximum absolute atomic E-state index is 12.0. The monoisotopic (exact) mass is 302 g/mol. The lowest BCUT2D eigenvalue weighted by Gasteiger charge is -2.04. The summed E-state index contributed by atoms with van der Waals surface area (Å²) in [6.45, 7) is 3.48. The number of rotatable bonds is 8. The summed E-state index contributed by atoms with van der Waals surface area (Å²) in [6.07, 6.45) is 3.82. The molecule has 1 aromatic carbocycles. The highest BCUT2D eigenvalue weighted by atomic mass is 16.4. The number of aromatic nitrogens is 1. The minimum atomic E-state index is -0.793. The first-order chi connectivity index (χ1) is 10.6. The molecule has 1 heterocycles. The van der Waals surface area contributed by atoms with Crippen LogP contribution >= 0.6 is 0 Å². The van der Waals surface area contributed by atoms with E-state index >= 15 is 0 Å². The van der Waals surface area contributed by atoms with Gasteiger partial charge in [0.25, 0.3) is 0 Å². The van der Waals surface area contributed by atoms with Crippen LogP contribution in [0.3, 0.4) is 0 Å². The third-order valence-corrected chi connectivity index (χ3v) is 3.70. The molecule has 0 fully saturated rings. The Morgan fingerprint density at radius 2 is 2.00 bits per heavy atom. The van der Waals surface area contributed by atoms with Gasteiger partial charge in [0, 0.05) is 36.6 Å².